The molecule has 0 aliphatic carbocycles. The number of nitrogens with one attached hydrogen (secondary N) is 1. The third kappa shape index (κ3) is 5.58. The summed E-state index contributed by atoms with van der Waals surface area (Å²) >= 11 is 0. The summed E-state index contributed by atoms with van der Waals surface area (Å²) in [4.78, 5) is 24.0. The fraction of sp³-hybridized carbons (Fsp3) is 0.125. The van der Waals surface area contributed by atoms with Gasteiger partial charge < -0.3 is 35.2 Å². The Labute approximate surface area is 255 Å². The first-order valence-corrected chi connectivity index (χ1v) is 13.7. The number of aromatic hydroxyl groups is 1. The van der Waals surface area contributed by atoms with Crippen LogP contribution in [0.5, 0.6) is 28.9 Å². The highest BCUT2D eigenvalue weighted by Gasteiger charge is 2.28. The van der Waals surface area contributed by atoms with E-state index < -0.39 is 29.2 Å². The molecule has 0 saturated heterocycles. The van der Waals surface area contributed by atoms with Gasteiger partial charge in [0.05, 0.1) is 18.3 Å². The van der Waals surface area contributed by atoms with Crippen molar-refractivity contribution in [1.29, 1.82) is 5.41 Å². The number of halogens is 2. The zero-order valence-electron chi connectivity index (χ0n) is 23.8. The number of phenolic OH excluding ortho intramolecular Hbond substituents is 1. The number of likely N-dealkylation sites (N-methyl/N-ethyl adjacent to an activating group) is 1. The van der Waals surface area contributed by atoms with Crippen LogP contribution in [0, 0.1) is 17.0 Å². The zero-order valence-corrected chi connectivity index (χ0v) is 23.8. The molecule has 2 aliphatic rings. The van der Waals surface area contributed by atoms with Gasteiger partial charge in [0.15, 0.2) is 17.3 Å². The lowest BCUT2D eigenvalue weighted by Crippen LogP contribution is -2.30. The third-order valence-electron chi connectivity index (χ3n) is 7.35. The van der Waals surface area contributed by atoms with E-state index in [-0.39, 0.29) is 40.9 Å². The standard InChI is InChI=1S/C32H26F2N6O5/c1-39-11-10-37-30(39)21-14-20(40-16-19-5-3-2-4-17(19)12-23(40)32(42)43)7-9-25(21)44-28-22(33)15-38-31(27(28)34)45-26-13-18(29(35)36)6-8-24(26)41/h2-9,12-15,41H,10-11,16H2,1H3,(H3,35,36)(H,42,43). The van der Waals surface area contributed by atoms with Gasteiger partial charge in [-0.1, -0.05) is 24.3 Å². The molecule has 13 heteroatoms. The molecule has 0 bridgehead atoms. The number of rotatable bonds is 8. The molecule has 0 amide bonds. The highest BCUT2D eigenvalue weighted by molar-refractivity contribution is 6.04. The van der Waals surface area contributed by atoms with Gasteiger partial charge in [0, 0.05) is 31.4 Å². The molecule has 6 rings (SSSR count). The number of phenols is 1. The lowest BCUT2D eigenvalue weighted by Gasteiger charge is -2.30. The summed E-state index contributed by atoms with van der Waals surface area (Å²) < 4.78 is 42.0. The van der Waals surface area contributed by atoms with Gasteiger partial charge in [-0.25, -0.2) is 14.2 Å². The minimum atomic E-state index is -1.29. The number of carboxylic acids is 1. The first-order chi connectivity index (χ1) is 21.6. The Kier molecular flexibility index (Phi) is 7.50. The first-order valence-electron chi connectivity index (χ1n) is 13.7. The summed E-state index contributed by atoms with van der Waals surface area (Å²) in [5, 5.41) is 27.8. The van der Waals surface area contributed by atoms with Crippen molar-refractivity contribution in [3.63, 3.8) is 0 Å². The number of fused-ring (bicyclic) bond motifs is 1. The normalized spacial score (nSPS) is 14.0. The van der Waals surface area contributed by atoms with Gasteiger partial charge in [-0.05, 0) is 53.6 Å². The topological polar surface area (TPSA) is 158 Å². The first kappa shape index (κ1) is 29.1. The molecule has 4 aromatic rings. The van der Waals surface area contributed by atoms with Crippen LogP contribution in [0.25, 0.3) is 6.08 Å². The second-order valence-corrected chi connectivity index (χ2v) is 10.3. The summed E-state index contributed by atoms with van der Waals surface area (Å²) in [7, 11) is 1.81. The van der Waals surface area contributed by atoms with Gasteiger partial charge in [0.1, 0.15) is 23.1 Å². The fourth-order valence-corrected chi connectivity index (χ4v) is 5.05. The second kappa shape index (κ2) is 11.6. The molecule has 45 heavy (non-hydrogen) atoms. The van der Waals surface area contributed by atoms with Crippen molar-refractivity contribution >= 4 is 29.4 Å². The molecule has 0 saturated carbocycles. The molecule has 5 N–H and O–H groups in total. The van der Waals surface area contributed by atoms with Gasteiger partial charge in [0.2, 0.25) is 11.6 Å². The van der Waals surface area contributed by atoms with Crippen molar-refractivity contribution < 1.29 is 33.3 Å². The van der Waals surface area contributed by atoms with E-state index in [4.69, 9.17) is 20.6 Å². The molecule has 0 fully saturated rings. The summed E-state index contributed by atoms with van der Waals surface area (Å²) in [5.41, 5.74) is 8.36. The molecule has 0 unspecified atom stereocenters. The van der Waals surface area contributed by atoms with Crippen LogP contribution >= 0.6 is 0 Å². The number of carbonyl (C=O) groups is 1. The second-order valence-electron chi connectivity index (χ2n) is 10.3. The summed E-state index contributed by atoms with van der Waals surface area (Å²) in [5.74, 6) is -5.47. The maximum absolute atomic E-state index is 15.7. The van der Waals surface area contributed by atoms with E-state index in [1.54, 1.807) is 23.1 Å². The number of nitrogen functional groups attached to an aromatic ring is 1. The Morgan fingerprint density at radius 1 is 1.07 bits per heavy atom. The van der Waals surface area contributed by atoms with E-state index in [0.717, 1.165) is 11.1 Å². The lowest BCUT2D eigenvalue weighted by molar-refractivity contribution is -0.132. The Hall–Kier alpha value is -5.98. The third-order valence-corrected chi connectivity index (χ3v) is 7.35. The maximum Gasteiger partial charge on any atom is 0.352 e. The lowest BCUT2D eigenvalue weighted by atomic mass is 10.00. The number of hydrogen-bond acceptors (Lipinski definition) is 9. The molecular weight excluding hydrogens is 586 g/mol. The van der Waals surface area contributed by atoms with Crippen molar-refractivity contribution in [1.82, 2.24) is 9.88 Å². The highest BCUT2D eigenvalue weighted by atomic mass is 19.1. The summed E-state index contributed by atoms with van der Waals surface area (Å²) in [6, 6.07) is 16.0. The van der Waals surface area contributed by atoms with Crippen LogP contribution in [-0.4, -0.2) is 57.9 Å². The van der Waals surface area contributed by atoms with E-state index >= 15 is 8.78 Å². The molecule has 1 aromatic heterocycles. The molecule has 0 atom stereocenters. The van der Waals surface area contributed by atoms with Crippen LogP contribution in [0.1, 0.15) is 22.3 Å². The summed E-state index contributed by atoms with van der Waals surface area (Å²) in [6.45, 7) is 1.35. The van der Waals surface area contributed by atoms with Crippen molar-refractivity contribution in [3.05, 3.63) is 106 Å². The number of hydrogen-bond donors (Lipinski definition) is 4. The zero-order chi connectivity index (χ0) is 31.8. The predicted octanol–water partition coefficient (Wildman–Crippen LogP) is 5.07. The van der Waals surface area contributed by atoms with Crippen LogP contribution in [-0.2, 0) is 11.3 Å². The number of ether oxygens (including phenoxy) is 2. The highest BCUT2D eigenvalue weighted by Crippen LogP contribution is 2.39. The minimum absolute atomic E-state index is 0.0425. The number of benzene rings is 3. The van der Waals surface area contributed by atoms with Crippen LogP contribution in [0.15, 0.2) is 77.5 Å². The Bertz CT molecular complexity index is 1930. The predicted molar refractivity (Wildman–Crippen MR) is 162 cm³/mol. The number of carboxylic acid groups (broad SMARTS) is 1. The van der Waals surface area contributed by atoms with Crippen LogP contribution in [0.3, 0.4) is 0 Å². The average molecular weight is 613 g/mol. The van der Waals surface area contributed by atoms with E-state index in [0.29, 0.717) is 36.4 Å². The van der Waals surface area contributed by atoms with Gasteiger partial charge in [0.25, 0.3) is 5.88 Å². The maximum atomic E-state index is 15.7. The molecule has 3 aromatic carbocycles. The molecular formula is C32H26F2N6O5. The quantitative estimate of drug-likeness (QED) is 0.157. The molecule has 2 aliphatic heterocycles. The number of pyridine rings is 1. The fourth-order valence-electron chi connectivity index (χ4n) is 5.05. The average Bonchev–Trinajstić information content (AvgIpc) is 3.46. The van der Waals surface area contributed by atoms with Crippen molar-refractivity contribution in [2.45, 2.75) is 6.54 Å². The molecule has 0 spiro atoms. The van der Waals surface area contributed by atoms with Gasteiger partial charge >= 0.3 is 5.97 Å². The van der Waals surface area contributed by atoms with Gasteiger partial charge in [-0.2, -0.15) is 4.39 Å². The number of amidine groups is 2. The van der Waals surface area contributed by atoms with Crippen LogP contribution in [0.4, 0.5) is 14.5 Å². The van der Waals surface area contributed by atoms with Gasteiger partial charge in [-0.3, -0.25) is 10.4 Å². The molecule has 228 valence electrons. The SMILES string of the molecule is CN1CCN=C1c1cc(N2Cc3ccccc3C=C2C(=O)O)ccc1Oc1c(F)cnc(Oc2cc(C(=N)N)ccc2O)c1F. The van der Waals surface area contributed by atoms with E-state index in [2.05, 4.69) is 9.98 Å². The van der Waals surface area contributed by atoms with Crippen LogP contribution in [0.2, 0.25) is 0 Å². The van der Waals surface area contributed by atoms with Crippen molar-refractivity contribution in [2.24, 2.45) is 10.7 Å². The number of aliphatic imine (C=N–C) groups is 1. The van der Waals surface area contributed by atoms with Crippen LogP contribution < -0.4 is 20.1 Å². The monoisotopic (exact) mass is 612 g/mol. The summed E-state index contributed by atoms with van der Waals surface area (Å²) in [6.07, 6.45) is 2.31. The number of aromatic nitrogens is 1. The number of nitrogens with two attached hydrogens (primary N) is 1. The number of aliphatic carboxylic acids is 1. The Morgan fingerprint density at radius 3 is 2.60 bits per heavy atom. The molecule has 0 radical (unpaired) electrons. The smallest absolute Gasteiger partial charge is 0.352 e. The molecule has 11 nitrogen and oxygen atoms in total. The molecule has 3 heterocycles. The van der Waals surface area contributed by atoms with E-state index in [1.807, 2.05) is 36.2 Å². The van der Waals surface area contributed by atoms with Gasteiger partial charge in [-0.15, -0.1) is 0 Å². The van der Waals surface area contributed by atoms with E-state index in [1.165, 1.54) is 24.3 Å². The largest absolute Gasteiger partial charge is 0.504 e. The minimum Gasteiger partial charge on any atom is -0.504 e. The Morgan fingerprint density at radius 2 is 1.87 bits per heavy atom. The number of nitrogens with zero attached hydrogens (tertiary/aromatic N) is 4. The Balaban J connectivity index is 1.39. The van der Waals surface area contributed by atoms with Crippen molar-refractivity contribution in [2.75, 3.05) is 25.0 Å². The number of anilines is 1. The van der Waals surface area contributed by atoms with Crippen molar-refractivity contribution in [3.8, 4) is 28.9 Å². The van der Waals surface area contributed by atoms with E-state index in [9.17, 15) is 15.0 Å².